The molecule has 29 heavy (non-hydrogen) atoms. The highest BCUT2D eigenvalue weighted by Crippen LogP contribution is 2.30. The van der Waals surface area contributed by atoms with Gasteiger partial charge in [-0.3, -0.25) is 9.36 Å². The Morgan fingerprint density at radius 1 is 1.31 bits per heavy atom. The molecule has 0 aliphatic carbocycles. The molecular formula is C20H22N4O4S. The minimum atomic E-state index is -0.187. The molecule has 3 rings (SSSR count). The highest BCUT2D eigenvalue weighted by atomic mass is 32.2. The van der Waals surface area contributed by atoms with Crippen molar-refractivity contribution in [2.45, 2.75) is 18.6 Å². The molecule has 0 aliphatic heterocycles. The number of aromatic nitrogens is 3. The molecule has 0 saturated carbocycles. The van der Waals surface area contributed by atoms with Gasteiger partial charge in [0.05, 0.1) is 37.5 Å². The maximum absolute atomic E-state index is 12.5. The van der Waals surface area contributed by atoms with Gasteiger partial charge in [-0.15, -0.1) is 16.8 Å². The maximum Gasteiger partial charge on any atom is 0.234 e. The topological polar surface area (TPSA) is 91.4 Å². The van der Waals surface area contributed by atoms with E-state index in [0.29, 0.717) is 34.7 Å². The summed E-state index contributed by atoms with van der Waals surface area (Å²) in [5, 5.41) is 12.0. The van der Waals surface area contributed by atoms with Crippen LogP contribution in [0.5, 0.6) is 11.5 Å². The smallest absolute Gasteiger partial charge is 0.234 e. The molecule has 0 radical (unpaired) electrons. The fourth-order valence-electron chi connectivity index (χ4n) is 2.72. The molecule has 0 unspecified atom stereocenters. The molecular weight excluding hydrogens is 392 g/mol. The Balaban J connectivity index is 1.71. The molecule has 2 heterocycles. The number of rotatable bonds is 9. The summed E-state index contributed by atoms with van der Waals surface area (Å²) in [5.41, 5.74) is 1.43. The van der Waals surface area contributed by atoms with Crippen molar-refractivity contribution in [2.75, 3.05) is 25.3 Å². The predicted octanol–water partition coefficient (Wildman–Crippen LogP) is 3.78. The molecule has 0 aliphatic rings. The van der Waals surface area contributed by atoms with Crippen LogP contribution < -0.4 is 14.8 Å². The summed E-state index contributed by atoms with van der Waals surface area (Å²) in [6.07, 6.45) is 3.37. The average Bonchev–Trinajstić information content (AvgIpc) is 3.32. The largest absolute Gasteiger partial charge is 0.497 e. The fraction of sp³-hybridized carbons (Fsp3) is 0.250. The second-order valence-electron chi connectivity index (χ2n) is 6.00. The molecule has 2 aromatic heterocycles. The van der Waals surface area contributed by atoms with Gasteiger partial charge in [0.1, 0.15) is 17.3 Å². The number of aryl methyl sites for hydroxylation is 1. The number of hydrogen-bond acceptors (Lipinski definition) is 7. The molecule has 1 N–H and O–H groups in total. The van der Waals surface area contributed by atoms with E-state index >= 15 is 0 Å². The summed E-state index contributed by atoms with van der Waals surface area (Å²) in [4.78, 5) is 12.5. The molecule has 0 atom stereocenters. The summed E-state index contributed by atoms with van der Waals surface area (Å²) in [6, 6.07) is 7.05. The van der Waals surface area contributed by atoms with Crippen LogP contribution in [-0.4, -0.2) is 40.6 Å². The number of furan rings is 1. The summed E-state index contributed by atoms with van der Waals surface area (Å²) >= 11 is 1.29. The Morgan fingerprint density at radius 2 is 2.14 bits per heavy atom. The number of thioether (sulfide) groups is 1. The number of anilines is 1. The van der Waals surface area contributed by atoms with E-state index in [4.69, 9.17) is 13.9 Å². The van der Waals surface area contributed by atoms with Crippen LogP contribution in [0.2, 0.25) is 0 Å². The van der Waals surface area contributed by atoms with Gasteiger partial charge in [0.15, 0.2) is 11.0 Å². The minimum Gasteiger partial charge on any atom is -0.497 e. The van der Waals surface area contributed by atoms with E-state index in [2.05, 4.69) is 22.1 Å². The summed E-state index contributed by atoms with van der Waals surface area (Å²) in [5.74, 6) is 2.57. The number of nitrogens with one attached hydrogen (secondary N) is 1. The number of nitrogens with zero attached hydrogens (tertiary/aromatic N) is 3. The predicted molar refractivity (Wildman–Crippen MR) is 112 cm³/mol. The first kappa shape index (κ1) is 20.5. The molecule has 8 nitrogen and oxygen atoms in total. The fourth-order valence-corrected chi connectivity index (χ4v) is 3.47. The second-order valence-corrected chi connectivity index (χ2v) is 6.94. The number of methoxy groups -OCH3 is 2. The third-order valence-corrected chi connectivity index (χ3v) is 5.11. The molecule has 1 amide bonds. The Morgan fingerprint density at radius 3 is 2.79 bits per heavy atom. The Kier molecular flexibility index (Phi) is 6.61. The molecule has 0 fully saturated rings. The van der Waals surface area contributed by atoms with Crippen molar-refractivity contribution in [1.82, 2.24) is 14.8 Å². The van der Waals surface area contributed by atoms with E-state index in [9.17, 15) is 4.79 Å². The van der Waals surface area contributed by atoms with E-state index in [0.717, 1.165) is 11.3 Å². The first-order chi connectivity index (χ1) is 14.1. The van der Waals surface area contributed by atoms with Gasteiger partial charge in [0, 0.05) is 12.6 Å². The van der Waals surface area contributed by atoms with Crippen molar-refractivity contribution in [1.29, 1.82) is 0 Å². The van der Waals surface area contributed by atoms with Gasteiger partial charge in [0.2, 0.25) is 5.91 Å². The molecule has 0 spiro atoms. The number of benzene rings is 1. The minimum absolute atomic E-state index is 0.162. The first-order valence-corrected chi connectivity index (χ1v) is 9.79. The normalized spacial score (nSPS) is 10.6. The first-order valence-electron chi connectivity index (χ1n) is 8.80. The van der Waals surface area contributed by atoms with Crippen LogP contribution in [0.15, 0.2) is 52.8 Å². The Labute approximate surface area is 172 Å². The summed E-state index contributed by atoms with van der Waals surface area (Å²) in [6.45, 7) is 6.18. The monoisotopic (exact) mass is 414 g/mol. The van der Waals surface area contributed by atoms with E-state index in [1.165, 1.54) is 18.9 Å². The molecule has 9 heteroatoms. The number of ether oxygens (including phenoxy) is 2. The highest BCUT2D eigenvalue weighted by molar-refractivity contribution is 7.99. The zero-order chi connectivity index (χ0) is 20.8. The standard InChI is InChI=1S/C20H22N4O4S/c1-5-9-24-19(15-8-10-28-13(15)2)22-23-20(24)29-12-18(25)21-16-7-6-14(26-3)11-17(16)27-4/h5-8,10-11H,1,9,12H2,2-4H3,(H,21,25). The van der Waals surface area contributed by atoms with E-state index in [-0.39, 0.29) is 11.7 Å². The summed E-state index contributed by atoms with van der Waals surface area (Å²) < 4.78 is 17.7. The number of amides is 1. The number of carbonyl (C=O) groups excluding carboxylic acids is 1. The summed E-state index contributed by atoms with van der Waals surface area (Å²) in [7, 11) is 3.11. The van der Waals surface area contributed by atoms with Crippen LogP contribution in [0, 0.1) is 6.92 Å². The van der Waals surface area contributed by atoms with Gasteiger partial charge in [-0.05, 0) is 25.1 Å². The van der Waals surface area contributed by atoms with Crippen LogP contribution in [-0.2, 0) is 11.3 Å². The van der Waals surface area contributed by atoms with Crippen molar-refractivity contribution < 1.29 is 18.7 Å². The van der Waals surface area contributed by atoms with Crippen LogP contribution in [0.1, 0.15) is 5.76 Å². The maximum atomic E-state index is 12.5. The van der Waals surface area contributed by atoms with Crippen LogP contribution >= 0.6 is 11.8 Å². The van der Waals surface area contributed by atoms with Crippen LogP contribution in [0.3, 0.4) is 0 Å². The number of hydrogen-bond donors (Lipinski definition) is 1. The van der Waals surface area contributed by atoms with Gasteiger partial charge >= 0.3 is 0 Å². The van der Waals surface area contributed by atoms with Crippen LogP contribution in [0.4, 0.5) is 5.69 Å². The van der Waals surface area contributed by atoms with E-state index in [1.54, 1.807) is 37.6 Å². The quantitative estimate of drug-likeness (QED) is 0.421. The van der Waals surface area contributed by atoms with Gasteiger partial charge < -0.3 is 19.2 Å². The molecule has 152 valence electrons. The van der Waals surface area contributed by atoms with Gasteiger partial charge in [-0.25, -0.2) is 0 Å². The van der Waals surface area contributed by atoms with Crippen molar-refractivity contribution >= 4 is 23.4 Å². The lowest BCUT2D eigenvalue weighted by atomic mass is 10.2. The Bertz CT molecular complexity index is 1010. The molecule has 0 bridgehead atoms. The highest BCUT2D eigenvalue weighted by Gasteiger charge is 2.18. The van der Waals surface area contributed by atoms with Gasteiger partial charge in [0.25, 0.3) is 0 Å². The van der Waals surface area contributed by atoms with Gasteiger partial charge in [-0.1, -0.05) is 17.8 Å². The lowest BCUT2D eigenvalue weighted by Gasteiger charge is -2.11. The third kappa shape index (κ3) is 4.62. The zero-order valence-corrected chi connectivity index (χ0v) is 17.3. The van der Waals surface area contributed by atoms with Crippen LogP contribution in [0.25, 0.3) is 11.4 Å². The van der Waals surface area contributed by atoms with E-state index in [1.807, 2.05) is 17.6 Å². The SMILES string of the molecule is C=CCn1c(SCC(=O)Nc2ccc(OC)cc2OC)nnc1-c1ccoc1C. The lowest BCUT2D eigenvalue weighted by molar-refractivity contribution is -0.113. The van der Waals surface area contributed by atoms with Crippen molar-refractivity contribution in [2.24, 2.45) is 0 Å². The lowest BCUT2D eigenvalue weighted by Crippen LogP contribution is -2.15. The number of allylic oxidation sites excluding steroid dienone is 1. The molecule has 0 saturated heterocycles. The van der Waals surface area contributed by atoms with Crippen molar-refractivity contribution in [3.05, 3.63) is 48.9 Å². The Hall–Kier alpha value is -3.20. The van der Waals surface area contributed by atoms with Gasteiger partial charge in [-0.2, -0.15) is 0 Å². The van der Waals surface area contributed by atoms with E-state index < -0.39 is 0 Å². The number of carbonyl (C=O) groups is 1. The van der Waals surface area contributed by atoms with Crippen molar-refractivity contribution in [3.63, 3.8) is 0 Å². The van der Waals surface area contributed by atoms with Crippen molar-refractivity contribution in [3.8, 4) is 22.9 Å². The zero-order valence-electron chi connectivity index (χ0n) is 16.5. The average molecular weight is 414 g/mol. The molecule has 1 aromatic carbocycles. The second kappa shape index (κ2) is 9.33. The molecule has 3 aromatic rings. The third-order valence-electron chi connectivity index (χ3n) is 4.14.